The van der Waals surface area contributed by atoms with Gasteiger partial charge in [-0.25, -0.2) is 13.4 Å². The summed E-state index contributed by atoms with van der Waals surface area (Å²) in [5.41, 5.74) is 0.316. The number of alkyl halides is 3. The monoisotopic (exact) mass is 483 g/mol. The Balaban J connectivity index is 2.16. The smallest absolute Gasteiger partial charge is 0.422 e. The number of aromatic nitrogens is 2. The van der Waals surface area contributed by atoms with Crippen molar-refractivity contribution in [1.82, 2.24) is 13.9 Å². The zero-order valence-electron chi connectivity index (χ0n) is 18.3. The van der Waals surface area contributed by atoms with E-state index in [2.05, 4.69) is 4.98 Å². The molecule has 0 saturated carbocycles. The van der Waals surface area contributed by atoms with Gasteiger partial charge < -0.3 is 4.74 Å². The van der Waals surface area contributed by atoms with E-state index in [4.69, 9.17) is 4.74 Å². The first-order valence-corrected chi connectivity index (χ1v) is 11.9. The minimum atomic E-state index is -4.48. The van der Waals surface area contributed by atoms with Crippen molar-refractivity contribution in [3.8, 4) is 11.4 Å². The van der Waals surface area contributed by atoms with Crippen LogP contribution in [0.4, 0.5) is 13.2 Å². The van der Waals surface area contributed by atoms with Crippen molar-refractivity contribution in [1.29, 1.82) is 0 Å². The first kappa shape index (κ1) is 24.7. The van der Waals surface area contributed by atoms with E-state index in [1.54, 1.807) is 38.1 Å². The molecule has 0 fully saturated rings. The number of hydrogen-bond donors (Lipinski definition) is 0. The first-order chi connectivity index (χ1) is 15.5. The summed E-state index contributed by atoms with van der Waals surface area (Å²) in [6, 6.07) is 11.4. The molecule has 0 bridgehead atoms. The number of nitrogens with zero attached hydrogens (tertiary/aromatic N) is 3. The van der Waals surface area contributed by atoms with Gasteiger partial charge in [-0.15, -0.1) is 0 Å². The van der Waals surface area contributed by atoms with Gasteiger partial charge in [-0.3, -0.25) is 9.36 Å². The summed E-state index contributed by atoms with van der Waals surface area (Å²) in [7, 11) is -3.60. The fraction of sp³-hybridized carbons (Fsp3) is 0.364. The van der Waals surface area contributed by atoms with Gasteiger partial charge in [-0.2, -0.15) is 17.5 Å². The quantitative estimate of drug-likeness (QED) is 0.483. The second-order valence-electron chi connectivity index (χ2n) is 7.31. The highest BCUT2D eigenvalue weighted by Gasteiger charge is 2.30. The maximum absolute atomic E-state index is 13.4. The van der Waals surface area contributed by atoms with Crippen LogP contribution in [0.5, 0.6) is 5.75 Å². The third-order valence-corrected chi connectivity index (χ3v) is 7.16. The maximum atomic E-state index is 13.4. The molecule has 0 amide bonds. The summed E-state index contributed by atoms with van der Waals surface area (Å²) in [6.45, 7) is 3.60. The van der Waals surface area contributed by atoms with Crippen LogP contribution in [0, 0.1) is 0 Å². The molecule has 33 heavy (non-hydrogen) atoms. The number of ether oxygens (including phenoxy) is 1. The highest BCUT2D eigenvalue weighted by molar-refractivity contribution is 7.89. The lowest BCUT2D eigenvalue weighted by Crippen LogP contribution is -2.38. The second-order valence-corrected chi connectivity index (χ2v) is 9.52. The van der Waals surface area contributed by atoms with Crippen LogP contribution in [-0.4, -0.2) is 47.4 Å². The number of sulfonamides is 1. The Bertz CT molecular complexity index is 1290. The highest BCUT2D eigenvalue weighted by Crippen LogP contribution is 2.26. The molecule has 1 heterocycles. The minimum absolute atomic E-state index is 0.0174. The maximum Gasteiger partial charge on any atom is 0.422 e. The van der Waals surface area contributed by atoms with Gasteiger partial charge in [0.15, 0.2) is 6.61 Å². The lowest BCUT2D eigenvalue weighted by molar-refractivity contribution is -0.153. The highest BCUT2D eigenvalue weighted by atomic mass is 32.2. The van der Waals surface area contributed by atoms with Crippen LogP contribution in [0.1, 0.15) is 32.6 Å². The fourth-order valence-electron chi connectivity index (χ4n) is 3.54. The minimum Gasteiger partial charge on any atom is -0.484 e. The summed E-state index contributed by atoms with van der Waals surface area (Å²) >= 11 is 0. The van der Waals surface area contributed by atoms with Gasteiger partial charge in [0.05, 0.1) is 28.4 Å². The van der Waals surface area contributed by atoms with E-state index in [1.165, 1.54) is 40.1 Å². The van der Waals surface area contributed by atoms with Gasteiger partial charge >= 0.3 is 6.18 Å². The third kappa shape index (κ3) is 5.36. The summed E-state index contributed by atoms with van der Waals surface area (Å²) in [5, 5.41) is 0.326. The van der Waals surface area contributed by atoms with Crippen molar-refractivity contribution in [3.05, 3.63) is 64.7 Å². The second kappa shape index (κ2) is 9.52. The van der Waals surface area contributed by atoms with E-state index in [1.807, 2.05) is 0 Å². The molecule has 0 radical (unpaired) electrons. The normalized spacial score (nSPS) is 13.4. The van der Waals surface area contributed by atoms with E-state index in [-0.39, 0.29) is 23.9 Å². The standard InChI is InChI=1S/C22H24F3N3O4S/c1-4-27(33(30,31)5-2)15(3)20-26-19-9-7-6-8-18(19)21(29)28(20)16-10-12-17(13-11-16)32-14-22(23,24)25/h6-13,15H,4-5,14H2,1-3H3/t15-/m1/s1. The Morgan fingerprint density at radius 3 is 2.30 bits per heavy atom. The number of fused-ring (bicyclic) bond motifs is 1. The molecule has 3 aromatic rings. The van der Waals surface area contributed by atoms with Crippen molar-refractivity contribution in [2.24, 2.45) is 0 Å². The fourth-order valence-corrected chi connectivity index (χ4v) is 4.84. The largest absolute Gasteiger partial charge is 0.484 e. The molecule has 3 rings (SSSR count). The van der Waals surface area contributed by atoms with Crippen molar-refractivity contribution >= 4 is 20.9 Å². The van der Waals surface area contributed by atoms with Crippen LogP contribution >= 0.6 is 0 Å². The predicted molar refractivity (Wildman–Crippen MR) is 119 cm³/mol. The zero-order valence-corrected chi connectivity index (χ0v) is 19.2. The van der Waals surface area contributed by atoms with Gasteiger partial charge in [0.2, 0.25) is 10.0 Å². The van der Waals surface area contributed by atoms with Crippen molar-refractivity contribution < 1.29 is 26.3 Å². The molecule has 11 heteroatoms. The average Bonchev–Trinajstić information content (AvgIpc) is 2.78. The van der Waals surface area contributed by atoms with E-state index < -0.39 is 34.4 Å². The lowest BCUT2D eigenvalue weighted by atomic mass is 10.2. The summed E-state index contributed by atoms with van der Waals surface area (Å²) in [6.07, 6.45) is -4.48. The Kier molecular flexibility index (Phi) is 7.13. The Hall–Kier alpha value is -2.92. The topological polar surface area (TPSA) is 81.5 Å². The van der Waals surface area contributed by atoms with E-state index in [9.17, 15) is 26.4 Å². The van der Waals surface area contributed by atoms with Crippen LogP contribution in [0.3, 0.4) is 0 Å². The van der Waals surface area contributed by atoms with Gasteiger partial charge in [0, 0.05) is 6.54 Å². The van der Waals surface area contributed by atoms with Crippen LogP contribution < -0.4 is 10.3 Å². The van der Waals surface area contributed by atoms with Crippen LogP contribution in [0.15, 0.2) is 53.3 Å². The molecule has 178 valence electrons. The molecule has 0 N–H and O–H groups in total. The number of hydrogen-bond acceptors (Lipinski definition) is 5. The van der Waals surface area contributed by atoms with E-state index in [0.717, 1.165) is 0 Å². The van der Waals surface area contributed by atoms with Crippen molar-refractivity contribution in [2.45, 2.75) is 33.0 Å². The molecule has 0 aliphatic heterocycles. The van der Waals surface area contributed by atoms with Gasteiger partial charge in [0.25, 0.3) is 5.56 Å². The van der Waals surface area contributed by atoms with E-state index >= 15 is 0 Å². The summed E-state index contributed by atoms with van der Waals surface area (Å²) in [5.74, 6) is 0.0616. The SMILES string of the molecule is CCN([C@H](C)c1nc2ccccc2c(=O)n1-c1ccc(OCC(F)(F)F)cc1)S(=O)(=O)CC. The lowest BCUT2D eigenvalue weighted by Gasteiger charge is -2.28. The van der Waals surface area contributed by atoms with Gasteiger partial charge in [-0.1, -0.05) is 19.1 Å². The van der Waals surface area contributed by atoms with Gasteiger partial charge in [-0.05, 0) is 50.2 Å². The zero-order chi connectivity index (χ0) is 24.4. The summed E-state index contributed by atoms with van der Waals surface area (Å²) in [4.78, 5) is 18.0. The Morgan fingerprint density at radius 1 is 1.09 bits per heavy atom. The molecule has 1 aromatic heterocycles. The number of halogens is 3. The molecular weight excluding hydrogens is 459 g/mol. The number of benzene rings is 2. The van der Waals surface area contributed by atoms with Crippen LogP contribution in [-0.2, 0) is 10.0 Å². The molecule has 7 nitrogen and oxygen atoms in total. The van der Waals surface area contributed by atoms with E-state index in [0.29, 0.717) is 16.6 Å². The average molecular weight is 484 g/mol. The van der Waals surface area contributed by atoms with Crippen molar-refractivity contribution in [2.75, 3.05) is 18.9 Å². The molecule has 0 aliphatic rings. The number of rotatable bonds is 8. The molecule has 0 aliphatic carbocycles. The van der Waals surface area contributed by atoms with Crippen LogP contribution in [0.25, 0.3) is 16.6 Å². The molecule has 2 aromatic carbocycles. The van der Waals surface area contributed by atoms with Crippen molar-refractivity contribution in [3.63, 3.8) is 0 Å². The van der Waals surface area contributed by atoms with Gasteiger partial charge in [0.1, 0.15) is 11.6 Å². The first-order valence-electron chi connectivity index (χ1n) is 10.3. The molecule has 0 unspecified atom stereocenters. The molecule has 0 saturated heterocycles. The predicted octanol–water partition coefficient (Wildman–Crippen LogP) is 4.06. The Morgan fingerprint density at radius 2 is 1.73 bits per heavy atom. The summed E-state index contributed by atoms with van der Waals surface area (Å²) < 4.78 is 69.9. The van der Waals surface area contributed by atoms with Crippen LogP contribution in [0.2, 0.25) is 0 Å². The third-order valence-electron chi connectivity index (χ3n) is 5.14. The molecule has 0 spiro atoms. The Labute approximate surface area is 189 Å². The molecular formula is C22H24F3N3O4S. The number of para-hydroxylation sites is 1. The molecule has 1 atom stereocenters.